The topological polar surface area (TPSA) is 38.3 Å². The lowest BCUT2D eigenvalue weighted by atomic mass is 9.70. The summed E-state index contributed by atoms with van der Waals surface area (Å²) in [5, 5.41) is 3.15. The summed E-state index contributed by atoms with van der Waals surface area (Å²) in [6.45, 7) is 0.354. The van der Waals surface area contributed by atoms with Crippen LogP contribution >= 0.6 is 0 Å². The molecule has 0 aliphatic heterocycles. The third-order valence-corrected chi connectivity index (χ3v) is 5.26. The molecule has 1 spiro atoms. The molecule has 3 nitrogen and oxygen atoms in total. The quantitative estimate of drug-likeness (QED) is 0.894. The molecule has 3 rings (SSSR count). The Morgan fingerprint density at radius 3 is 2.57 bits per heavy atom. The molecule has 2 saturated carbocycles. The lowest BCUT2D eigenvalue weighted by Crippen LogP contribution is -2.45. The van der Waals surface area contributed by atoms with Crippen LogP contribution in [-0.2, 0) is 11.3 Å². The second-order valence-corrected chi connectivity index (χ2v) is 6.57. The van der Waals surface area contributed by atoms with E-state index in [-0.39, 0.29) is 6.09 Å². The fraction of sp³-hybridized carbons (Fsp3) is 0.611. The Balaban J connectivity index is 1.52. The Kier molecular flexibility index (Phi) is 4.47. The van der Waals surface area contributed by atoms with Gasteiger partial charge in [0.1, 0.15) is 6.61 Å². The van der Waals surface area contributed by atoms with E-state index in [1.54, 1.807) is 0 Å². The molecule has 2 aliphatic carbocycles. The monoisotopic (exact) mass is 287 g/mol. The molecule has 3 heteroatoms. The van der Waals surface area contributed by atoms with Crippen LogP contribution in [0.3, 0.4) is 0 Å². The maximum absolute atomic E-state index is 12.1. The van der Waals surface area contributed by atoms with Crippen LogP contribution in [0.15, 0.2) is 30.3 Å². The van der Waals surface area contributed by atoms with Gasteiger partial charge in [-0.25, -0.2) is 4.79 Å². The van der Waals surface area contributed by atoms with Crippen LogP contribution in [0, 0.1) is 5.41 Å². The maximum atomic E-state index is 12.1. The van der Waals surface area contributed by atoms with Crippen molar-refractivity contribution in [2.45, 2.75) is 64.0 Å². The van der Waals surface area contributed by atoms with Gasteiger partial charge in [-0.15, -0.1) is 0 Å². The number of rotatable bonds is 3. The summed E-state index contributed by atoms with van der Waals surface area (Å²) in [7, 11) is 0. The van der Waals surface area contributed by atoms with Crippen molar-refractivity contribution in [2.75, 3.05) is 0 Å². The first-order valence-electron chi connectivity index (χ1n) is 8.26. The first-order valence-corrected chi connectivity index (χ1v) is 8.26. The molecule has 2 fully saturated rings. The third-order valence-electron chi connectivity index (χ3n) is 5.26. The van der Waals surface area contributed by atoms with Gasteiger partial charge in [-0.3, -0.25) is 0 Å². The molecule has 1 aromatic rings. The van der Waals surface area contributed by atoms with E-state index >= 15 is 0 Å². The number of alkyl carbamates (subject to hydrolysis) is 1. The zero-order chi connectivity index (χ0) is 14.5. The van der Waals surface area contributed by atoms with Crippen LogP contribution in [0.25, 0.3) is 0 Å². The van der Waals surface area contributed by atoms with Gasteiger partial charge in [0.15, 0.2) is 0 Å². The van der Waals surface area contributed by atoms with Gasteiger partial charge in [0, 0.05) is 6.04 Å². The lowest BCUT2D eigenvalue weighted by Gasteiger charge is -2.39. The highest BCUT2D eigenvalue weighted by Crippen LogP contribution is 2.49. The summed E-state index contributed by atoms with van der Waals surface area (Å²) in [6.07, 6.45) is 9.91. The van der Waals surface area contributed by atoms with Gasteiger partial charge in [-0.05, 0) is 36.7 Å². The third kappa shape index (κ3) is 3.39. The average Bonchev–Trinajstić information content (AvgIpc) is 2.89. The molecule has 2 aliphatic rings. The molecule has 1 N–H and O–H groups in total. The number of hydrogen-bond donors (Lipinski definition) is 1. The Hall–Kier alpha value is -1.51. The smallest absolute Gasteiger partial charge is 0.407 e. The number of hydrogen-bond acceptors (Lipinski definition) is 2. The molecule has 1 amide bonds. The number of carbonyl (C=O) groups excluding carboxylic acids is 1. The Morgan fingerprint density at radius 2 is 1.81 bits per heavy atom. The molecule has 0 radical (unpaired) electrons. The fourth-order valence-electron chi connectivity index (χ4n) is 4.13. The standard InChI is InChI=1S/C18H25NO2/c20-17(21-14-15-8-3-1-4-9-15)19-16-10-7-13-18(16)11-5-2-6-12-18/h1,3-4,8-9,16H,2,5-7,10-14H2,(H,19,20). The van der Waals surface area contributed by atoms with E-state index in [9.17, 15) is 4.79 Å². The first kappa shape index (κ1) is 14.4. The molecule has 0 heterocycles. The lowest BCUT2D eigenvalue weighted by molar-refractivity contribution is 0.109. The zero-order valence-corrected chi connectivity index (χ0v) is 12.6. The largest absolute Gasteiger partial charge is 0.445 e. The van der Waals surface area contributed by atoms with Crippen molar-refractivity contribution in [1.82, 2.24) is 5.32 Å². The van der Waals surface area contributed by atoms with Gasteiger partial charge in [0.05, 0.1) is 0 Å². The highest BCUT2D eigenvalue weighted by Gasteiger charge is 2.44. The van der Waals surface area contributed by atoms with E-state index in [0.717, 1.165) is 12.0 Å². The minimum Gasteiger partial charge on any atom is -0.445 e. The summed E-state index contributed by atoms with van der Waals surface area (Å²) in [4.78, 5) is 12.1. The van der Waals surface area contributed by atoms with Crippen molar-refractivity contribution in [3.63, 3.8) is 0 Å². The van der Waals surface area contributed by atoms with E-state index in [1.807, 2.05) is 30.3 Å². The fourth-order valence-corrected chi connectivity index (χ4v) is 4.13. The molecule has 0 aromatic heterocycles. The molecule has 114 valence electrons. The van der Waals surface area contributed by atoms with Crippen LogP contribution in [0.5, 0.6) is 0 Å². The minimum atomic E-state index is -0.254. The van der Waals surface area contributed by atoms with Crippen LogP contribution in [0.1, 0.15) is 56.9 Å². The molecule has 1 atom stereocenters. The number of benzene rings is 1. The second kappa shape index (κ2) is 6.50. The van der Waals surface area contributed by atoms with Crippen molar-refractivity contribution < 1.29 is 9.53 Å². The second-order valence-electron chi connectivity index (χ2n) is 6.57. The number of carbonyl (C=O) groups is 1. The highest BCUT2D eigenvalue weighted by molar-refractivity contribution is 5.67. The first-order chi connectivity index (χ1) is 10.3. The van der Waals surface area contributed by atoms with Gasteiger partial charge in [0.2, 0.25) is 0 Å². The minimum absolute atomic E-state index is 0.254. The van der Waals surface area contributed by atoms with E-state index in [2.05, 4.69) is 5.32 Å². The molecule has 21 heavy (non-hydrogen) atoms. The molecule has 0 saturated heterocycles. The predicted octanol–water partition coefficient (Wildman–Crippen LogP) is 4.42. The summed E-state index contributed by atoms with van der Waals surface area (Å²) >= 11 is 0. The summed E-state index contributed by atoms with van der Waals surface area (Å²) in [6, 6.07) is 10.2. The summed E-state index contributed by atoms with van der Waals surface area (Å²) in [5.41, 5.74) is 1.40. The van der Waals surface area contributed by atoms with Gasteiger partial charge in [-0.2, -0.15) is 0 Å². The average molecular weight is 287 g/mol. The van der Waals surface area contributed by atoms with Gasteiger partial charge >= 0.3 is 6.09 Å². The van der Waals surface area contributed by atoms with E-state index in [0.29, 0.717) is 18.1 Å². The van der Waals surface area contributed by atoms with Crippen molar-refractivity contribution in [3.05, 3.63) is 35.9 Å². The van der Waals surface area contributed by atoms with Gasteiger partial charge in [0.25, 0.3) is 0 Å². The summed E-state index contributed by atoms with van der Waals surface area (Å²) in [5.74, 6) is 0. The van der Waals surface area contributed by atoms with Crippen molar-refractivity contribution >= 4 is 6.09 Å². The van der Waals surface area contributed by atoms with Crippen LogP contribution in [0.4, 0.5) is 4.79 Å². The molecular weight excluding hydrogens is 262 g/mol. The zero-order valence-electron chi connectivity index (χ0n) is 12.6. The predicted molar refractivity (Wildman–Crippen MR) is 82.9 cm³/mol. The Morgan fingerprint density at radius 1 is 1.10 bits per heavy atom. The maximum Gasteiger partial charge on any atom is 0.407 e. The molecule has 1 aromatic carbocycles. The van der Waals surface area contributed by atoms with Crippen molar-refractivity contribution in [3.8, 4) is 0 Å². The highest BCUT2D eigenvalue weighted by atomic mass is 16.5. The molecular formula is C18H25NO2. The van der Waals surface area contributed by atoms with E-state index in [4.69, 9.17) is 4.74 Å². The van der Waals surface area contributed by atoms with Gasteiger partial charge < -0.3 is 10.1 Å². The number of ether oxygens (including phenoxy) is 1. The summed E-state index contributed by atoms with van der Waals surface area (Å²) < 4.78 is 5.37. The normalized spacial score (nSPS) is 23.9. The SMILES string of the molecule is O=C(NC1CCCC12CCCCC2)OCc1ccccc1. The van der Waals surface area contributed by atoms with Gasteiger partial charge in [-0.1, -0.05) is 56.0 Å². The van der Waals surface area contributed by atoms with E-state index in [1.165, 1.54) is 44.9 Å². The number of amides is 1. The van der Waals surface area contributed by atoms with Crippen molar-refractivity contribution in [1.29, 1.82) is 0 Å². The Bertz CT molecular complexity index is 465. The number of nitrogens with one attached hydrogen (secondary N) is 1. The van der Waals surface area contributed by atoms with Crippen LogP contribution < -0.4 is 5.32 Å². The Labute approximate surface area is 127 Å². The van der Waals surface area contributed by atoms with Crippen LogP contribution in [-0.4, -0.2) is 12.1 Å². The van der Waals surface area contributed by atoms with Crippen molar-refractivity contribution in [2.24, 2.45) is 5.41 Å². The van der Waals surface area contributed by atoms with E-state index < -0.39 is 0 Å². The molecule has 0 bridgehead atoms. The molecule has 1 unspecified atom stereocenters. The van der Waals surface area contributed by atoms with Crippen LogP contribution in [0.2, 0.25) is 0 Å².